The molecule has 0 spiro atoms. The quantitative estimate of drug-likeness (QED) is 0.269. The first-order chi connectivity index (χ1) is 25.1. The van der Waals surface area contributed by atoms with E-state index in [0.29, 0.717) is 35.3 Å². The summed E-state index contributed by atoms with van der Waals surface area (Å²) in [6.07, 6.45) is 1.48. The molecule has 1 saturated heterocycles. The second-order valence-electron chi connectivity index (χ2n) is 13.7. The van der Waals surface area contributed by atoms with Crippen molar-refractivity contribution in [1.29, 1.82) is 0 Å². The zero-order valence-corrected chi connectivity index (χ0v) is 30.8. The van der Waals surface area contributed by atoms with Gasteiger partial charge in [-0.05, 0) is 43.2 Å². The zero-order chi connectivity index (χ0) is 36.4. The van der Waals surface area contributed by atoms with Crippen molar-refractivity contribution in [3.8, 4) is 0 Å². The molecule has 14 heteroatoms. The number of fused-ring (bicyclic) bond motifs is 7. The smallest absolute Gasteiger partial charge is 0.271 e. The van der Waals surface area contributed by atoms with Crippen molar-refractivity contribution in [2.24, 2.45) is 10.9 Å². The molecule has 2 unspecified atom stereocenters. The van der Waals surface area contributed by atoms with E-state index in [1.165, 1.54) is 22.7 Å². The first-order valence-electron chi connectivity index (χ1n) is 17.6. The molecule has 2 aromatic carbocycles. The number of carbonyl (C=O) groups is 4. The predicted molar refractivity (Wildman–Crippen MR) is 198 cm³/mol. The number of amides is 4. The molecule has 52 heavy (non-hydrogen) atoms. The van der Waals surface area contributed by atoms with Crippen LogP contribution in [0.25, 0.3) is 0 Å². The Morgan fingerprint density at radius 3 is 2.02 bits per heavy atom. The Morgan fingerprint density at radius 2 is 1.38 bits per heavy atom. The zero-order valence-electron chi connectivity index (χ0n) is 29.2. The molecule has 6 atom stereocenters. The van der Waals surface area contributed by atoms with E-state index >= 15 is 0 Å². The van der Waals surface area contributed by atoms with Crippen molar-refractivity contribution >= 4 is 52.2 Å². The molecule has 2 aromatic heterocycles. The van der Waals surface area contributed by atoms with Gasteiger partial charge in [-0.25, -0.2) is 15.0 Å². The van der Waals surface area contributed by atoms with Crippen molar-refractivity contribution in [1.82, 2.24) is 30.8 Å². The van der Waals surface area contributed by atoms with Crippen molar-refractivity contribution in [2.45, 2.75) is 82.8 Å². The van der Waals surface area contributed by atoms with Crippen LogP contribution in [0.5, 0.6) is 0 Å². The van der Waals surface area contributed by atoms with Gasteiger partial charge in [-0.15, -0.1) is 22.7 Å². The molecule has 270 valence electrons. The molecule has 5 heterocycles. The molecule has 0 saturated carbocycles. The van der Waals surface area contributed by atoms with Gasteiger partial charge in [0.25, 0.3) is 11.8 Å². The maximum atomic E-state index is 14.4. The van der Waals surface area contributed by atoms with Crippen LogP contribution in [0.15, 0.2) is 76.4 Å². The Hall–Kier alpha value is -4.95. The number of thiazole rings is 2. The van der Waals surface area contributed by atoms with Crippen LogP contribution in [0.1, 0.15) is 87.8 Å². The van der Waals surface area contributed by atoms with Crippen LogP contribution >= 0.6 is 22.7 Å². The van der Waals surface area contributed by atoms with E-state index in [1.807, 2.05) is 74.5 Å². The average molecular weight is 740 g/mol. The average Bonchev–Trinajstić information content (AvgIpc) is 3.97. The molecule has 12 nitrogen and oxygen atoms in total. The molecule has 4 aromatic rings. The van der Waals surface area contributed by atoms with E-state index in [0.717, 1.165) is 17.5 Å². The van der Waals surface area contributed by atoms with Gasteiger partial charge in [0.1, 0.15) is 39.6 Å². The van der Waals surface area contributed by atoms with Crippen LogP contribution in [0.4, 0.5) is 0 Å². The first-order valence-corrected chi connectivity index (χ1v) is 19.4. The fraction of sp³-hybridized carbons (Fsp3) is 0.395. The second-order valence-corrected chi connectivity index (χ2v) is 15.5. The van der Waals surface area contributed by atoms with Crippen LogP contribution in [-0.2, 0) is 27.2 Å². The van der Waals surface area contributed by atoms with Crippen LogP contribution in [-0.4, -0.2) is 75.2 Å². The molecular formula is C38H41N7O5S2. The number of aliphatic imine (C=N–C) groups is 1. The van der Waals surface area contributed by atoms with Crippen molar-refractivity contribution in [3.63, 3.8) is 0 Å². The Kier molecular flexibility index (Phi) is 10.5. The summed E-state index contributed by atoms with van der Waals surface area (Å²) in [5, 5.41) is 13.7. The molecule has 1 fully saturated rings. The van der Waals surface area contributed by atoms with Gasteiger partial charge in [0.2, 0.25) is 17.7 Å². The lowest BCUT2D eigenvalue weighted by Gasteiger charge is -2.29. The Bertz CT molecular complexity index is 1960. The molecule has 6 bridgehead atoms. The van der Waals surface area contributed by atoms with E-state index in [-0.39, 0.29) is 35.5 Å². The summed E-state index contributed by atoms with van der Waals surface area (Å²) in [7, 11) is 0. The second kappa shape index (κ2) is 15.3. The van der Waals surface area contributed by atoms with Crippen molar-refractivity contribution in [2.75, 3.05) is 6.54 Å². The molecule has 4 amide bonds. The number of nitrogens with zero attached hydrogens (tertiary/aromatic N) is 4. The highest BCUT2D eigenvalue weighted by Gasteiger charge is 2.43. The van der Waals surface area contributed by atoms with E-state index in [4.69, 9.17) is 14.7 Å². The topological polar surface area (TPSA) is 155 Å². The lowest BCUT2D eigenvalue weighted by Crippen LogP contribution is -2.52. The Balaban J connectivity index is 1.27. The third-order valence-electron chi connectivity index (χ3n) is 9.62. The van der Waals surface area contributed by atoms with Crippen LogP contribution < -0.4 is 16.0 Å². The minimum atomic E-state index is -0.904. The van der Waals surface area contributed by atoms with E-state index in [1.54, 1.807) is 22.6 Å². The largest absolute Gasteiger partial charge is 0.474 e. The number of rotatable bonds is 5. The number of aromatic nitrogens is 2. The standard InChI is InChI=1S/C38H41N7O5S2/c1-21(2)30-37-42-28(20-52-37)32(46)39-25(17-23-11-6-4-7-12-23)36-41-27(19-51-36)33(47)40-26(18-24-13-8-5-9-14-24)38(49)45-16-10-15-29(45)35-44-31(22(3)50-35)34(48)43-30/h4-9,11-14,19-22,25-26,29-31H,10,15-18H2,1-3H3,(H,39,46)(H,40,47)(H,43,48)/t22-,25+,26+,29?,30?,31+/m1/s1. The van der Waals surface area contributed by atoms with Gasteiger partial charge in [-0.2, -0.15) is 0 Å². The van der Waals surface area contributed by atoms with Gasteiger partial charge in [-0.3, -0.25) is 19.2 Å². The fourth-order valence-corrected chi connectivity index (χ4v) is 8.72. The van der Waals surface area contributed by atoms with E-state index < -0.39 is 48.1 Å². The Labute approximate surface area is 310 Å². The summed E-state index contributed by atoms with van der Waals surface area (Å²) < 4.78 is 6.19. The van der Waals surface area contributed by atoms with Gasteiger partial charge in [0, 0.05) is 23.7 Å². The van der Waals surface area contributed by atoms with Gasteiger partial charge in [-0.1, -0.05) is 74.5 Å². The molecule has 0 radical (unpaired) electrons. The van der Waals surface area contributed by atoms with Gasteiger partial charge < -0.3 is 25.6 Å². The minimum Gasteiger partial charge on any atom is -0.474 e. The number of carbonyl (C=O) groups excluding carboxylic acids is 4. The van der Waals surface area contributed by atoms with Gasteiger partial charge >= 0.3 is 0 Å². The molecular weight excluding hydrogens is 699 g/mol. The normalized spacial score (nSPS) is 25.4. The van der Waals surface area contributed by atoms with Gasteiger partial charge in [0.05, 0.1) is 12.1 Å². The predicted octanol–water partition coefficient (Wildman–Crippen LogP) is 4.66. The maximum absolute atomic E-state index is 14.4. The molecule has 7 rings (SSSR count). The Morgan fingerprint density at radius 1 is 0.808 bits per heavy atom. The van der Waals surface area contributed by atoms with Gasteiger partial charge in [0.15, 0.2) is 6.04 Å². The highest BCUT2D eigenvalue weighted by Crippen LogP contribution is 2.30. The first kappa shape index (κ1) is 35.5. The molecule has 3 aliphatic rings. The third-order valence-corrected chi connectivity index (χ3v) is 11.5. The van der Waals surface area contributed by atoms with Crippen molar-refractivity contribution < 1.29 is 23.9 Å². The fourth-order valence-electron chi connectivity index (χ4n) is 6.85. The number of benzene rings is 2. The van der Waals surface area contributed by atoms with E-state index in [2.05, 4.69) is 20.9 Å². The summed E-state index contributed by atoms with van der Waals surface area (Å²) >= 11 is 2.57. The SMILES string of the molecule is CC(C)C1NC(=O)[C@H]2N=C(O[C@@H]2C)C2CCCN2C(=O)[C@H](Cc2ccccc2)NC(=O)c2csc(n2)[C@H](Cc2ccccc2)NC(=O)c2csc1n2. The highest BCUT2D eigenvalue weighted by atomic mass is 32.1. The van der Waals surface area contributed by atoms with Crippen LogP contribution in [0, 0.1) is 5.92 Å². The molecule has 3 N–H and O–H groups in total. The minimum absolute atomic E-state index is 0.0391. The third kappa shape index (κ3) is 7.63. The van der Waals surface area contributed by atoms with E-state index in [9.17, 15) is 19.2 Å². The summed E-state index contributed by atoms with van der Waals surface area (Å²) in [4.78, 5) is 71.6. The maximum Gasteiger partial charge on any atom is 0.271 e. The number of hydrogen-bond acceptors (Lipinski definition) is 10. The number of ether oxygens (including phenoxy) is 1. The summed E-state index contributed by atoms with van der Waals surface area (Å²) in [5.74, 6) is -1.17. The summed E-state index contributed by atoms with van der Waals surface area (Å²) in [6, 6.07) is 16.0. The lowest BCUT2D eigenvalue weighted by molar-refractivity contribution is -0.133. The summed E-state index contributed by atoms with van der Waals surface area (Å²) in [6.45, 7) is 6.22. The molecule has 3 aliphatic heterocycles. The number of hydrogen-bond donors (Lipinski definition) is 3. The van der Waals surface area contributed by atoms with Crippen LogP contribution in [0.2, 0.25) is 0 Å². The monoisotopic (exact) mass is 739 g/mol. The summed E-state index contributed by atoms with van der Waals surface area (Å²) in [5.41, 5.74) is 2.24. The molecule has 0 aliphatic carbocycles. The van der Waals surface area contributed by atoms with Crippen LogP contribution in [0.3, 0.4) is 0 Å². The lowest BCUT2D eigenvalue weighted by atomic mass is 10.0. The number of nitrogens with one attached hydrogen (secondary N) is 3. The van der Waals surface area contributed by atoms with Crippen molar-refractivity contribution in [3.05, 3.63) is 104 Å². The highest BCUT2D eigenvalue weighted by molar-refractivity contribution is 7.10.